The van der Waals surface area contributed by atoms with Crippen LogP contribution in [0.5, 0.6) is 0 Å². The van der Waals surface area contributed by atoms with Crippen molar-refractivity contribution in [3.63, 3.8) is 0 Å². The fraction of sp³-hybridized carbons (Fsp3) is 0.360. The summed E-state index contributed by atoms with van der Waals surface area (Å²) in [5.41, 5.74) is 2.63. The minimum Gasteiger partial charge on any atom is -0.373 e. The highest BCUT2D eigenvalue weighted by Gasteiger charge is 2.31. The molecule has 4 heterocycles. The molecular formula is C25H22ClF2N5O. The van der Waals surface area contributed by atoms with Gasteiger partial charge in [-0.15, -0.1) is 0 Å². The van der Waals surface area contributed by atoms with Gasteiger partial charge in [0.15, 0.2) is 5.65 Å². The summed E-state index contributed by atoms with van der Waals surface area (Å²) in [6.07, 6.45) is 7.54. The molecule has 2 atom stereocenters. The first kappa shape index (κ1) is 21.6. The lowest BCUT2D eigenvalue weighted by molar-refractivity contribution is 0.00396. The molecule has 3 aromatic heterocycles. The van der Waals surface area contributed by atoms with Gasteiger partial charge in [0.1, 0.15) is 17.5 Å². The highest BCUT2D eigenvalue weighted by atomic mass is 35.5. The van der Waals surface area contributed by atoms with Gasteiger partial charge in [-0.3, -0.25) is 4.68 Å². The Kier molecular flexibility index (Phi) is 5.30. The minimum atomic E-state index is -0.703. The standard InChI is InChI=1S/C25H22ClF2N5O/c1-13-2-5-17-23(18-9-21(28)19(26)10-20(18)27)31-24(32-25(17)30-13)14-6-7-34-22(8-14)15-11-29-33(12-15)16-3-4-16/h2,5,9-12,14,16,22H,3-4,6-8H2,1H3/t14-,22-/m0/s1. The van der Waals surface area contributed by atoms with Crippen molar-refractivity contribution in [3.05, 3.63) is 70.4 Å². The van der Waals surface area contributed by atoms with Crippen molar-refractivity contribution in [1.82, 2.24) is 24.7 Å². The van der Waals surface area contributed by atoms with Crippen molar-refractivity contribution in [2.24, 2.45) is 0 Å². The van der Waals surface area contributed by atoms with E-state index >= 15 is 0 Å². The molecule has 0 amide bonds. The van der Waals surface area contributed by atoms with Crippen molar-refractivity contribution < 1.29 is 13.5 Å². The molecule has 1 aromatic carbocycles. The number of ether oxygens (including phenoxy) is 1. The van der Waals surface area contributed by atoms with Crippen LogP contribution in [0.15, 0.2) is 36.7 Å². The third kappa shape index (κ3) is 3.95. The lowest BCUT2D eigenvalue weighted by Gasteiger charge is -2.28. The van der Waals surface area contributed by atoms with Gasteiger partial charge in [0.2, 0.25) is 0 Å². The number of nitrogens with zero attached hydrogens (tertiary/aromatic N) is 5. The molecule has 0 N–H and O–H groups in total. The first-order valence-electron chi connectivity index (χ1n) is 11.4. The van der Waals surface area contributed by atoms with E-state index in [0.29, 0.717) is 41.6 Å². The largest absolute Gasteiger partial charge is 0.373 e. The smallest absolute Gasteiger partial charge is 0.163 e. The number of rotatable bonds is 4. The van der Waals surface area contributed by atoms with E-state index in [1.807, 2.05) is 17.8 Å². The normalized spacial score (nSPS) is 20.7. The first-order valence-corrected chi connectivity index (χ1v) is 11.8. The molecule has 1 aliphatic carbocycles. The monoisotopic (exact) mass is 481 g/mol. The van der Waals surface area contributed by atoms with E-state index in [1.54, 1.807) is 12.1 Å². The summed E-state index contributed by atoms with van der Waals surface area (Å²) in [7, 11) is 0. The van der Waals surface area contributed by atoms with Gasteiger partial charge in [0, 0.05) is 40.9 Å². The van der Waals surface area contributed by atoms with Crippen LogP contribution in [0.1, 0.15) is 60.8 Å². The van der Waals surface area contributed by atoms with E-state index in [1.165, 1.54) is 0 Å². The van der Waals surface area contributed by atoms with Crippen LogP contribution in [-0.4, -0.2) is 31.3 Å². The van der Waals surface area contributed by atoms with Gasteiger partial charge in [-0.05, 0) is 56.9 Å². The van der Waals surface area contributed by atoms with Gasteiger partial charge in [0.25, 0.3) is 0 Å². The number of pyridine rings is 1. The van der Waals surface area contributed by atoms with E-state index in [9.17, 15) is 8.78 Å². The van der Waals surface area contributed by atoms with Crippen LogP contribution in [0.2, 0.25) is 5.02 Å². The molecule has 0 bridgehead atoms. The van der Waals surface area contributed by atoms with Gasteiger partial charge >= 0.3 is 0 Å². The van der Waals surface area contributed by atoms with Gasteiger partial charge < -0.3 is 4.74 Å². The Labute approximate surface area is 200 Å². The van der Waals surface area contributed by atoms with Crippen molar-refractivity contribution in [3.8, 4) is 11.3 Å². The lowest BCUT2D eigenvalue weighted by atomic mass is 9.92. The molecule has 34 heavy (non-hydrogen) atoms. The predicted octanol–water partition coefficient (Wildman–Crippen LogP) is 6.10. The first-order chi connectivity index (χ1) is 16.5. The number of aromatic nitrogens is 5. The SMILES string of the molecule is Cc1ccc2c(-c3cc(F)c(Cl)cc3F)nc([C@H]3CCO[C@H](c4cnn(C5CC5)c4)C3)nc2n1. The molecule has 1 saturated carbocycles. The van der Waals surface area contributed by atoms with E-state index < -0.39 is 11.6 Å². The summed E-state index contributed by atoms with van der Waals surface area (Å²) in [5, 5.41) is 4.78. The predicted molar refractivity (Wildman–Crippen MR) is 124 cm³/mol. The molecule has 1 saturated heterocycles. The maximum absolute atomic E-state index is 14.9. The maximum Gasteiger partial charge on any atom is 0.163 e. The fourth-order valence-electron chi connectivity index (χ4n) is 4.53. The Bertz CT molecular complexity index is 1400. The zero-order valence-corrected chi connectivity index (χ0v) is 19.3. The van der Waals surface area contributed by atoms with Gasteiger partial charge in [-0.25, -0.2) is 23.7 Å². The number of fused-ring (bicyclic) bond motifs is 1. The molecule has 2 aliphatic rings. The number of halogens is 3. The molecule has 4 aromatic rings. The Morgan fingerprint density at radius 2 is 1.91 bits per heavy atom. The molecule has 6 rings (SSSR count). The van der Waals surface area contributed by atoms with Crippen LogP contribution in [0.4, 0.5) is 8.78 Å². The Hall–Kier alpha value is -2.97. The summed E-state index contributed by atoms with van der Waals surface area (Å²) in [6, 6.07) is 6.16. The summed E-state index contributed by atoms with van der Waals surface area (Å²) < 4.78 is 37.2. The number of hydrogen-bond acceptors (Lipinski definition) is 5. The van der Waals surface area contributed by atoms with Crippen molar-refractivity contribution in [2.45, 2.75) is 50.7 Å². The van der Waals surface area contributed by atoms with Crippen molar-refractivity contribution in [2.75, 3.05) is 6.61 Å². The van der Waals surface area contributed by atoms with Crippen LogP contribution >= 0.6 is 11.6 Å². The summed E-state index contributed by atoms with van der Waals surface area (Å²) in [4.78, 5) is 14.1. The topological polar surface area (TPSA) is 65.7 Å². The Balaban J connectivity index is 1.41. The number of aryl methyl sites for hydroxylation is 1. The van der Waals surface area contributed by atoms with Crippen LogP contribution in [0.25, 0.3) is 22.3 Å². The Morgan fingerprint density at radius 1 is 1.06 bits per heavy atom. The highest BCUT2D eigenvalue weighted by molar-refractivity contribution is 6.30. The number of benzene rings is 1. The molecule has 2 fully saturated rings. The third-order valence-electron chi connectivity index (χ3n) is 6.54. The Morgan fingerprint density at radius 3 is 2.74 bits per heavy atom. The summed E-state index contributed by atoms with van der Waals surface area (Å²) >= 11 is 5.78. The summed E-state index contributed by atoms with van der Waals surface area (Å²) in [6.45, 7) is 2.41. The van der Waals surface area contributed by atoms with Gasteiger partial charge in [0.05, 0.1) is 29.1 Å². The summed E-state index contributed by atoms with van der Waals surface area (Å²) in [5.74, 6) is -0.813. The van der Waals surface area contributed by atoms with Gasteiger partial charge in [-0.2, -0.15) is 5.10 Å². The van der Waals surface area contributed by atoms with E-state index in [-0.39, 0.29) is 22.6 Å². The average molecular weight is 482 g/mol. The highest BCUT2D eigenvalue weighted by Crippen LogP contribution is 2.40. The fourth-order valence-corrected chi connectivity index (χ4v) is 4.69. The van der Waals surface area contributed by atoms with Crippen LogP contribution < -0.4 is 0 Å². The second kappa shape index (κ2) is 8.36. The van der Waals surface area contributed by atoms with E-state index in [2.05, 4.69) is 16.3 Å². The van der Waals surface area contributed by atoms with E-state index in [0.717, 1.165) is 42.7 Å². The number of hydrogen-bond donors (Lipinski definition) is 0. The minimum absolute atomic E-state index is 0.0197. The average Bonchev–Trinajstić information content (AvgIpc) is 3.57. The molecular weight excluding hydrogens is 460 g/mol. The molecule has 0 spiro atoms. The zero-order chi connectivity index (χ0) is 23.4. The molecule has 0 unspecified atom stereocenters. The van der Waals surface area contributed by atoms with Crippen LogP contribution in [0, 0.1) is 18.6 Å². The second-order valence-electron chi connectivity index (χ2n) is 9.07. The lowest BCUT2D eigenvalue weighted by Crippen LogP contribution is -2.20. The molecule has 174 valence electrons. The van der Waals surface area contributed by atoms with Crippen molar-refractivity contribution in [1.29, 1.82) is 0 Å². The van der Waals surface area contributed by atoms with Crippen LogP contribution in [0.3, 0.4) is 0 Å². The molecule has 9 heteroatoms. The third-order valence-corrected chi connectivity index (χ3v) is 6.83. The quantitative estimate of drug-likeness (QED) is 0.329. The molecule has 1 aliphatic heterocycles. The molecule has 6 nitrogen and oxygen atoms in total. The molecule has 0 radical (unpaired) electrons. The van der Waals surface area contributed by atoms with Crippen LogP contribution in [-0.2, 0) is 4.74 Å². The van der Waals surface area contributed by atoms with E-state index in [4.69, 9.17) is 26.3 Å². The maximum atomic E-state index is 14.9. The van der Waals surface area contributed by atoms with Crippen molar-refractivity contribution >= 4 is 22.6 Å². The second-order valence-corrected chi connectivity index (χ2v) is 9.47. The van der Waals surface area contributed by atoms with Gasteiger partial charge in [-0.1, -0.05) is 11.6 Å². The zero-order valence-electron chi connectivity index (χ0n) is 18.5.